The molecule has 4 aliphatic carbocycles. The lowest BCUT2D eigenvalue weighted by atomic mass is 9.78. The van der Waals surface area contributed by atoms with Crippen molar-refractivity contribution in [2.24, 2.45) is 35.0 Å². The molecule has 0 N–H and O–H groups in total. The number of esters is 5. The lowest BCUT2D eigenvalue weighted by Gasteiger charge is -2.27. The van der Waals surface area contributed by atoms with E-state index in [0.29, 0.717) is 35.7 Å². The summed E-state index contributed by atoms with van der Waals surface area (Å²) < 4.78 is 33.6. The number of rotatable bonds is 3. The third-order valence-corrected chi connectivity index (χ3v) is 8.98. The van der Waals surface area contributed by atoms with Gasteiger partial charge in [0, 0.05) is 37.1 Å². The van der Waals surface area contributed by atoms with Crippen molar-refractivity contribution in [2.45, 2.75) is 52.1 Å². The van der Waals surface area contributed by atoms with Crippen molar-refractivity contribution in [1.82, 2.24) is 4.90 Å². The number of thiol groups is 1. The molecular weight excluding hydrogens is 725 g/mol. The van der Waals surface area contributed by atoms with E-state index in [0.717, 1.165) is 31.3 Å². The third kappa shape index (κ3) is 15.2. The van der Waals surface area contributed by atoms with Crippen molar-refractivity contribution < 1.29 is 61.6 Å². The summed E-state index contributed by atoms with van der Waals surface area (Å²) in [6.07, 6.45) is 22.6. The standard InChI is InChI=1S/C10H14O2.C9H12O2.C6H8O2.C5H5NO2.C4H5FO2.C4H4O2.CH4S/c1-10(9(11)12-2)6-7-3-4-8(10)5-7;1-11-9(10)8-5-6-2-3-7(8)4-6;1-4-3-5(2)8-6(4)7;1-6-4(7)2-3-5(6)8;1-3(5)4(6)7-2;1-3-4(5)6-2;1-2/h3-4,7-8H,5-6H2,1-2H3;2-3,6-8H,4-5H2,1H3;5H,1,3H2,2H3;2-3H,1H3;1H2,2H3;1H,2H3;2H,1H3. The minimum atomic E-state index is -1.07. The van der Waals surface area contributed by atoms with Crippen molar-refractivity contribution in [1.29, 1.82) is 0 Å². The van der Waals surface area contributed by atoms with Gasteiger partial charge in [0.1, 0.15) is 6.10 Å². The molecule has 0 spiro atoms. The number of terminal acetylenes is 1. The fraction of sp³-hybridized carbons (Fsp3) is 0.513. The van der Waals surface area contributed by atoms with E-state index in [-0.39, 0.29) is 47.2 Å². The molecule has 0 aromatic carbocycles. The van der Waals surface area contributed by atoms with Crippen molar-refractivity contribution in [3.8, 4) is 12.3 Å². The number of amides is 2. The van der Waals surface area contributed by atoms with E-state index in [1.54, 1.807) is 12.2 Å². The molecule has 13 nitrogen and oxygen atoms in total. The fourth-order valence-corrected chi connectivity index (χ4v) is 6.15. The highest BCUT2D eigenvalue weighted by molar-refractivity contribution is 7.79. The molecule has 2 saturated carbocycles. The normalized spacial score (nSPS) is 26.4. The molecule has 1 saturated heterocycles. The van der Waals surface area contributed by atoms with Crippen LogP contribution in [0.5, 0.6) is 0 Å². The number of hydrogen-bond donors (Lipinski definition) is 1. The van der Waals surface area contributed by atoms with Crippen LogP contribution in [0.15, 0.2) is 61.0 Å². The van der Waals surface area contributed by atoms with E-state index in [2.05, 4.69) is 66.0 Å². The molecule has 2 amide bonds. The van der Waals surface area contributed by atoms with Crippen LogP contribution in [0.3, 0.4) is 0 Å². The predicted octanol–water partition coefficient (Wildman–Crippen LogP) is 4.53. The molecule has 6 rings (SSSR count). The highest BCUT2D eigenvalue weighted by Crippen LogP contribution is 2.52. The van der Waals surface area contributed by atoms with Gasteiger partial charge in [0.2, 0.25) is 5.83 Å². The average Bonchev–Trinajstić information content (AvgIpc) is 4.05. The number of cyclic esters (lactones) is 1. The van der Waals surface area contributed by atoms with E-state index >= 15 is 0 Å². The highest BCUT2D eigenvalue weighted by Gasteiger charge is 2.50. The number of fused-ring (bicyclic) bond motifs is 4. The number of halogens is 1. The Bertz CT molecular complexity index is 1490. The molecule has 15 heteroatoms. The summed E-state index contributed by atoms with van der Waals surface area (Å²) in [5.74, 6) is 0.602. The minimum absolute atomic E-state index is 0.0261. The molecule has 7 atom stereocenters. The smallest absolute Gasteiger partial charge is 0.383 e. The zero-order valence-corrected chi connectivity index (χ0v) is 33.0. The molecular formula is C39H52FNO12S. The molecule has 2 aliphatic heterocycles. The van der Waals surface area contributed by atoms with Crippen molar-refractivity contribution in [2.75, 3.05) is 41.7 Å². The summed E-state index contributed by atoms with van der Waals surface area (Å²) in [6.45, 7) is 10.1. The zero-order chi connectivity index (χ0) is 41.8. The quantitative estimate of drug-likeness (QED) is 0.0622. The fourth-order valence-electron chi connectivity index (χ4n) is 6.15. The van der Waals surface area contributed by atoms with Crippen LogP contribution in [-0.2, 0) is 57.2 Å². The third-order valence-electron chi connectivity index (χ3n) is 8.98. The SMILES string of the molecule is C#CC(=O)OC.C=C(F)C(=O)OC.C=C1CC(C)OC1=O.CN1C(=O)C=CC1=O.COC(=O)C1(C)CC2C=CC1C2.COC(=O)C1CC2C=CC1C2.CS. The van der Waals surface area contributed by atoms with Gasteiger partial charge in [-0.15, -0.1) is 6.42 Å². The van der Waals surface area contributed by atoms with E-state index in [4.69, 9.17) is 14.2 Å². The molecule has 7 unspecified atom stereocenters. The Morgan fingerprint density at radius 1 is 0.926 bits per heavy atom. The van der Waals surface area contributed by atoms with Crippen LogP contribution in [0.1, 0.15) is 46.0 Å². The predicted molar refractivity (Wildman–Crippen MR) is 201 cm³/mol. The molecule has 54 heavy (non-hydrogen) atoms. The molecule has 0 radical (unpaired) electrons. The number of carbonyl (C=O) groups is 7. The van der Waals surface area contributed by atoms with Crippen molar-refractivity contribution in [3.05, 3.63) is 61.0 Å². The van der Waals surface area contributed by atoms with Gasteiger partial charge in [0.05, 0.1) is 39.8 Å². The minimum Gasteiger partial charge on any atom is -0.469 e. The van der Waals surface area contributed by atoms with E-state index in [1.807, 2.05) is 13.8 Å². The Balaban J connectivity index is 0.000000629. The number of likely N-dealkylation sites (N-methyl/N-ethyl adjacent to an activating group) is 1. The average molecular weight is 778 g/mol. The first kappa shape index (κ1) is 49.0. The van der Waals surface area contributed by atoms with Crippen LogP contribution in [-0.4, -0.2) is 94.4 Å². The zero-order valence-electron chi connectivity index (χ0n) is 32.1. The topological polar surface area (TPSA) is 169 Å². The Morgan fingerprint density at radius 2 is 1.50 bits per heavy atom. The first-order chi connectivity index (χ1) is 25.4. The van der Waals surface area contributed by atoms with Gasteiger partial charge >= 0.3 is 29.8 Å². The molecule has 6 aliphatic rings. The number of hydrogen-bond acceptors (Lipinski definition) is 13. The van der Waals surface area contributed by atoms with Gasteiger partial charge in [-0.1, -0.05) is 37.5 Å². The lowest BCUT2D eigenvalue weighted by molar-refractivity contribution is -0.153. The maximum atomic E-state index is 11.5. The molecule has 2 heterocycles. The second-order valence-corrected chi connectivity index (χ2v) is 12.6. The van der Waals surface area contributed by atoms with Crippen LogP contribution in [0.4, 0.5) is 4.39 Å². The Morgan fingerprint density at radius 3 is 1.72 bits per heavy atom. The van der Waals surface area contributed by atoms with Crippen LogP contribution in [0.2, 0.25) is 0 Å². The molecule has 3 fully saturated rings. The highest BCUT2D eigenvalue weighted by atomic mass is 32.1. The van der Waals surface area contributed by atoms with Gasteiger partial charge in [0.15, 0.2) is 0 Å². The van der Waals surface area contributed by atoms with E-state index in [1.165, 1.54) is 46.9 Å². The van der Waals surface area contributed by atoms with Crippen LogP contribution in [0, 0.1) is 47.3 Å². The van der Waals surface area contributed by atoms with Gasteiger partial charge in [-0.2, -0.15) is 17.0 Å². The first-order valence-corrected chi connectivity index (χ1v) is 17.6. The molecule has 298 valence electrons. The Hall–Kier alpha value is -4.97. The number of allylic oxidation sites excluding steroid dienone is 4. The van der Waals surface area contributed by atoms with Crippen molar-refractivity contribution in [3.63, 3.8) is 0 Å². The van der Waals surface area contributed by atoms with E-state index in [9.17, 15) is 38.0 Å². The number of carbonyl (C=O) groups excluding carboxylic acids is 7. The van der Waals surface area contributed by atoms with E-state index < -0.39 is 17.8 Å². The second kappa shape index (κ2) is 24.4. The second-order valence-electron chi connectivity index (χ2n) is 12.6. The van der Waals surface area contributed by atoms with Gasteiger partial charge in [0.25, 0.3) is 11.8 Å². The monoisotopic (exact) mass is 777 g/mol. The van der Waals surface area contributed by atoms with Gasteiger partial charge in [-0.25, -0.2) is 14.4 Å². The van der Waals surface area contributed by atoms with Crippen molar-refractivity contribution >= 4 is 54.3 Å². The Labute approximate surface area is 322 Å². The number of imide groups is 1. The molecule has 4 bridgehead atoms. The first-order valence-electron chi connectivity index (χ1n) is 16.7. The largest absolute Gasteiger partial charge is 0.469 e. The number of methoxy groups -OCH3 is 4. The summed E-state index contributed by atoms with van der Waals surface area (Å²) in [5, 5.41) is 0. The summed E-state index contributed by atoms with van der Waals surface area (Å²) in [7, 11) is 6.72. The van der Waals surface area contributed by atoms with Crippen LogP contribution >= 0.6 is 12.6 Å². The molecule has 0 aromatic rings. The van der Waals surface area contributed by atoms with Crippen LogP contribution in [0.25, 0.3) is 0 Å². The van der Waals surface area contributed by atoms with Gasteiger partial charge < -0.3 is 23.7 Å². The van der Waals surface area contributed by atoms with Crippen LogP contribution < -0.4 is 0 Å². The summed E-state index contributed by atoms with van der Waals surface area (Å²) in [4.78, 5) is 74.5. The Kier molecular flexibility index (Phi) is 22.1. The summed E-state index contributed by atoms with van der Waals surface area (Å²) in [6, 6.07) is 0. The van der Waals surface area contributed by atoms with Gasteiger partial charge in [-0.3, -0.25) is 24.1 Å². The summed E-state index contributed by atoms with van der Waals surface area (Å²) >= 11 is 3.53. The number of nitrogens with zero attached hydrogens (tertiary/aromatic N) is 1. The van der Waals surface area contributed by atoms with Gasteiger partial charge in [-0.05, 0) is 69.5 Å². The maximum absolute atomic E-state index is 11.5. The maximum Gasteiger partial charge on any atom is 0.383 e. The molecule has 0 aromatic heterocycles. The lowest BCUT2D eigenvalue weighted by Crippen LogP contribution is -2.32. The summed E-state index contributed by atoms with van der Waals surface area (Å²) in [5.41, 5.74) is 0.367. The number of ether oxygens (including phenoxy) is 5.